The quantitative estimate of drug-likeness (QED) is 0.811. The fourth-order valence-corrected chi connectivity index (χ4v) is 3.60. The van der Waals surface area contributed by atoms with Crippen LogP contribution in [0.1, 0.15) is 46.0 Å². The summed E-state index contributed by atoms with van der Waals surface area (Å²) in [6.07, 6.45) is 2.21. The second-order valence-corrected chi connectivity index (χ2v) is 7.45. The molecule has 2 aromatic rings. The molecule has 1 unspecified atom stereocenters. The third-order valence-electron chi connectivity index (χ3n) is 5.24. The minimum absolute atomic E-state index is 0.0360. The molecule has 3 rings (SSSR count). The summed E-state index contributed by atoms with van der Waals surface area (Å²) in [6, 6.07) is 12.4. The fourth-order valence-electron chi connectivity index (χ4n) is 3.60. The minimum atomic E-state index is -0.189. The Morgan fingerprint density at radius 2 is 1.72 bits per heavy atom. The van der Waals surface area contributed by atoms with Gasteiger partial charge in [-0.15, -0.1) is 0 Å². The largest absolute Gasteiger partial charge is 0.493 e. The van der Waals surface area contributed by atoms with Gasteiger partial charge in [-0.3, -0.25) is 9.59 Å². The number of rotatable bonds is 6. The lowest BCUT2D eigenvalue weighted by Gasteiger charge is -2.31. The van der Waals surface area contributed by atoms with Crippen molar-refractivity contribution in [3.8, 4) is 11.5 Å². The molecule has 1 saturated heterocycles. The SMILES string of the molecule is COc1ccc(CNC(=O)c2ccc(C(=O)N3CCCC(C)C3)cc2)cc1OC. The van der Waals surface area contributed by atoms with E-state index in [1.54, 1.807) is 38.5 Å². The van der Waals surface area contributed by atoms with Gasteiger partial charge in [0, 0.05) is 30.8 Å². The molecule has 154 valence electrons. The molecular weight excluding hydrogens is 368 g/mol. The number of nitrogens with one attached hydrogen (secondary N) is 1. The van der Waals surface area contributed by atoms with Crippen molar-refractivity contribution in [1.29, 1.82) is 0 Å². The van der Waals surface area contributed by atoms with Gasteiger partial charge in [-0.25, -0.2) is 0 Å². The zero-order valence-corrected chi connectivity index (χ0v) is 17.2. The minimum Gasteiger partial charge on any atom is -0.493 e. The Kier molecular flexibility index (Phi) is 6.75. The van der Waals surface area contributed by atoms with Crippen molar-refractivity contribution in [2.24, 2.45) is 5.92 Å². The number of hydrogen-bond acceptors (Lipinski definition) is 4. The van der Waals surface area contributed by atoms with Crippen LogP contribution >= 0.6 is 0 Å². The van der Waals surface area contributed by atoms with Crippen LogP contribution in [0, 0.1) is 5.92 Å². The second-order valence-electron chi connectivity index (χ2n) is 7.45. The Bertz CT molecular complexity index is 864. The van der Waals surface area contributed by atoms with Gasteiger partial charge in [-0.1, -0.05) is 13.0 Å². The van der Waals surface area contributed by atoms with Crippen molar-refractivity contribution in [3.05, 3.63) is 59.2 Å². The van der Waals surface area contributed by atoms with Crippen LogP contribution in [0.5, 0.6) is 11.5 Å². The molecule has 2 amide bonds. The maximum atomic E-state index is 12.7. The summed E-state index contributed by atoms with van der Waals surface area (Å²) in [5.41, 5.74) is 2.05. The van der Waals surface area contributed by atoms with Gasteiger partial charge in [0.05, 0.1) is 14.2 Å². The molecule has 0 saturated carbocycles. The summed E-state index contributed by atoms with van der Waals surface area (Å²) in [5, 5.41) is 2.89. The molecule has 0 radical (unpaired) electrons. The van der Waals surface area contributed by atoms with Crippen LogP contribution in [0.3, 0.4) is 0 Å². The van der Waals surface area contributed by atoms with Gasteiger partial charge in [0.15, 0.2) is 11.5 Å². The molecule has 0 spiro atoms. The van der Waals surface area contributed by atoms with Crippen LogP contribution in [0.15, 0.2) is 42.5 Å². The van der Waals surface area contributed by atoms with Gasteiger partial charge < -0.3 is 19.7 Å². The van der Waals surface area contributed by atoms with E-state index >= 15 is 0 Å². The molecule has 6 nitrogen and oxygen atoms in total. The first-order valence-corrected chi connectivity index (χ1v) is 9.90. The Balaban J connectivity index is 1.59. The van der Waals surface area contributed by atoms with Crippen LogP contribution in [-0.4, -0.2) is 44.0 Å². The number of ether oxygens (including phenoxy) is 2. The third-order valence-corrected chi connectivity index (χ3v) is 5.24. The van der Waals surface area contributed by atoms with Crippen molar-refractivity contribution in [2.75, 3.05) is 27.3 Å². The summed E-state index contributed by atoms with van der Waals surface area (Å²) in [5.74, 6) is 1.65. The molecule has 2 aromatic carbocycles. The zero-order valence-electron chi connectivity index (χ0n) is 17.2. The van der Waals surface area contributed by atoms with Gasteiger partial charge in [0.2, 0.25) is 0 Å². The number of carbonyl (C=O) groups is 2. The lowest BCUT2D eigenvalue weighted by atomic mass is 9.99. The van der Waals surface area contributed by atoms with E-state index in [4.69, 9.17) is 9.47 Å². The first-order chi connectivity index (χ1) is 14.0. The van der Waals surface area contributed by atoms with Crippen LogP contribution in [0.25, 0.3) is 0 Å². The number of hydrogen-bond donors (Lipinski definition) is 1. The molecule has 29 heavy (non-hydrogen) atoms. The Labute approximate surface area is 171 Å². The summed E-state index contributed by atoms with van der Waals surface area (Å²) in [7, 11) is 3.16. The summed E-state index contributed by atoms with van der Waals surface area (Å²) in [6.45, 7) is 4.14. The van der Waals surface area contributed by atoms with E-state index in [0.717, 1.165) is 25.1 Å². The highest BCUT2D eigenvalue weighted by Gasteiger charge is 2.22. The number of nitrogens with zero attached hydrogens (tertiary/aromatic N) is 1. The molecule has 0 aliphatic carbocycles. The first kappa shape index (κ1) is 20.7. The lowest BCUT2D eigenvalue weighted by molar-refractivity contribution is 0.0682. The van der Waals surface area contributed by atoms with Crippen LogP contribution in [0.4, 0.5) is 0 Å². The highest BCUT2D eigenvalue weighted by molar-refractivity contribution is 5.97. The van der Waals surface area contributed by atoms with Gasteiger partial charge in [-0.05, 0) is 60.7 Å². The molecule has 1 atom stereocenters. The second kappa shape index (κ2) is 9.45. The first-order valence-electron chi connectivity index (χ1n) is 9.90. The number of likely N-dealkylation sites (tertiary alicyclic amines) is 1. The van der Waals surface area contributed by atoms with Gasteiger partial charge in [-0.2, -0.15) is 0 Å². The van der Waals surface area contributed by atoms with Crippen LogP contribution in [-0.2, 0) is 6.54 Å². The highest BCUT2D eigenvalue weighted by atomic mass is 16.5. The molecular formula is C23H28N2O4. The topological polar surface area (TPSA) is 67.9 Å². The van der Waals surface area contributed by atoms with E-state index in [1.165, 1.54) is 6.42 Å². The molecule has 6 heteroatoms. The Morgan fingerprint density at radius 1 is 1.03 bits per heavy atom. The van der Waals surface area contributed by atoms with Crippen molar-refractivity contribution in [2.45, 2.75) is 26.3 Å². The zero-order chi connectivity index (χ0) is 20.8. The molecule has 1 N–H and O–H groups in total. The fraction of sp³-hybridized carbons (Fsp3) is 0.391. The van der Waals surface area contributed by atoms with Gasteiger partial charge in [0.25, 0.3) is 11.8 Å². The monoisotopic (exact) mass is 396 g/mol. The predicted octanol–water partition coefficient (Wildman–Crippen LogP) is 3.51. The lowest BCUT2D eigenvalue weighted by Crippen LogP contribution is -2.39. The molecule has 0 aromatic heterocycles. The maximum Gasteiger partial charge on any atom is 0.253 e. The standard InChI is InChI=1S/C23H28N2O4/c1-16-5-4-12-25(15-16)23(27)19-9-7-18(8-10-19)22(26)24-14-17-6-11-20(28-2)21(13-17)29-3/h6-11,13,16H,4-5,12,14-15H2,1-3H3,(H,24,26). The highest BCUT2D eigenvalue weighted by Crippen LogP contribution is 2.27. The third kappa shape index (κ3) is 5.08. The van der Waals surface area contributed by atoms with Gasteiger partial charge >= 0.3 is 0 Å². The average molecular weight is 396 g/mol. The molecule has 1 fully saturated rings. The van der Waals surface area contributed by atoms with Gasteiger partial charge in [0.1, 0.15) is 0 Å². The van der Waals surface area contributed by atoms with E-state index in [2.05, 4.69) is 12.2 Å². The number of piperidine rings is 1. The van der Waals surface area contributed by atoms with Crippen molar-refractivity contribution in [1.82, 2.24) is 10.2 Å². The Morgan fingerprint density at radius 3 is 2.38 bits per heavy atom. The van der Waals surface area contributed by atoms with E-state index in [0.29, 0.717) is 35.1 Å². The van der Waals surface area contributed by atoms with E-state index in [-0.39, 0.29) is 11.8 Å². The number of amides is 2. The predicted molar refractivity (Wildman–Crippen MR) is 111 cm³/mol. The molecule has 0 bridgehead atoms. The van der Waals surface area contributed by atoms with Crippen molar-refractivity contribution >= 4 is 11.8 Å². The smallest absolute Gasteiger partial charge is 0.253 e. The summed E-state index contributed by atoms with van der Waals surface area (Å²) >= 11 is 0. The van der Waals surface area contributed by atoms with Crippen LogP contribution in [0.2, 0.25) is 0 Å². The normalized spacial score (nSPS) is 16.2. The summed E-state index contributed by atoms with van der Waals surface area (Å²) in [4.78, 5) is 27.0. The summed E-state index contributed by atoms with van der Waals surface area (Å²) < 4.78 is 10.5. The van der Waals surface area contributed by atoms with Crippen LogP contribution < -0.4 is 14.8 Å². The number of carbonyl (C=O) groups excluding carboxylic acids is 2. The Hall–Kier alpha value is -3.02. The van der Waals surface area contributed by atoms with E-state index < -0.39 is 0 Å². The number of benzene rings is 2. The molecule has 1 aliphatic rings. The number of methoxy groups -OCH3 is 2. The van der Waals surface area contributed by atoms with E-state index in [1.807, 2.05) is 23.1 Å². The average Bonchev–Trinajstić information content (AvgIpc) is 2.76. The van der Waals surface area contributed by atoms with Crippen molar-refractivity contribution < 1.29 is 19.1 Å². The van der Waals surface area contributed by atoms with Crippen molar-refractivity contribution in [3.63, 3.8) is 0 Å². The maximum absolute atomic E-state index is 12.7. The van der Waals surface area contributed by atoms with E-state index in [9.17, 15) is 9.59 Å². The molecule has 1 aliphatic heterocycles. The molecule has 1 heterocycles.